The van der Waals surface area contributed by atoms with Gasteiger partial charge in [0.05, 0.1) is 6.07 Å². The van der Waals surface area contributed by atoms with Crippen LogP contribution >= 0.6 is 0 Å². The summed E-state index contributed by atoms with van der Waals surface area (Å²) < 4.78 is 0. The molecule has 0 spiro atoms. The van der Waals surface area contributed by atoms with Gasteiger partial charge in [-0.05, 0) is 74.0 Å². The van der Waals surface area contributed by atoms with Gasteiger partial charge in [0, 0.05) is 5.92 Å². The summed E-state index contributed by atoms with van der Waals surface area (Å²) in [6, 6.07) is 2.53. The number of nitriles is 1. The molecular weight excluding hydrogens is 206 g/mol. The molecule has 94 valence electrons. The zero-order valence-corrected chi connectivity index (χ0v) is 11.5. The molecule has 0 aromatic carbocycles. The van der Waals surface area contributed by atoms with Crippen molar-refractivity contribution in [3.8, 4) is 6.07 Å². The van der Waals surface area contributed by atoms with E-state index in [1.54, 1.807) is 0 Å². The molecule has 4 fully saturated rings. The first-order valence-corrected chi connectivity index (χ1v) is 7.36. The van der Waals surface area contributed by atoms with Gasteiger partial charge in [-0.15, -0.1) is 0 Å². The van der Waals surface area contributed by atoms with Crippen LogP contribution in [0.5, 0.6) is 0 Å². The highest BCUT2D eigenvalue weighted by Crippen LogP contribution is 2.67. The van der Waals surface area contributed by atoms with Crippen LogP contribution in [0.1, 0.15) is 59.3 Å². The third kappa shape index (κ3) is 1.49. The highest BCUT2D eigenvalue weighted by Gasteiger charge is 2.58. The standard InChI is InChI=1S/C16H25N/c1-11(10-17)15(2,3)16-7-12-4-13(8-16)6-14(5-12)9-16/h11-14H,4-9H2,1-3H3. The van der Waals surface area contributed by atoms with Crippen molar-refractivity contribution in [1.82, 2.24) is 0 Å². The molecule has 1 nitrogen and oxygen atoms in total. The summed E-state index contributed by atoms with van der Waals surface area (Å²) in [4.78, 5) is 0. The Balaban J connectivity index is 1.94. The SMILES string of the molecule is CC(C#N)C(C)(C)C12CC3CC(CC(C3)C1)C2. The Kier molecular flexibility index (Phi) is 2.38. The highest BCUT2D eigenvalue weighted by molar-refractivity contribution is 5.10. The van der Waals surface area contributed by atoms with Crippen LogP contribution in [0.3, 0.4) is 0 Å². The lowest BCUT2D eigenvalue weighted by atomic mass is 9.41. The summed E-state index contributed by atoms with van der Waals surface area (Å²) in [5.74, 6) is 3.17. The van der Waals surface area contributed by atoms with E-state index in [2.05, 4.69) is 26.8 Å². The Hall–Kier alpha value is -0.510. The molecule has 4 aliphatic rings. The Bertz CT molecular complexity index is 325. The van der Waals surface area contributed by atoms with E-state index in [1.165, 1.54) is 38.5 Å². The maximum atomic E-state index is 9.32. The van der Waals surface area contributed by atoms with Crippen molar-refractivity contribution in [2.45, 2.75) is 59.3 Å². The third-order valence-corrected chi connectivity index (χ3v) is 6.68. The molecule has 0 aromatic rings. The topological polar surface area (TPSA) is 23.8 Å². The molecule has 0 amide bonds. The maximum absolute atomic E-state index is 9.32. The molecule has 0 saturated heterocycles. The lowest BCUT2D eigenvalue weighted by Crippen LogP contribution is -2.54. The summed E-state index contributed by atoms with van der Waals surface area (Å²) in [6.45, 7) is 6.88. The first-order chi connectivity index (χ1) is 7.97. The first kappa shape index (κ1) is 11.6. The summed E-state index contributed by atoms with van der Waals surface area (Å²) in [7, 11) is 0. The summed E-state index contributed by atoms with van der Waals surface area (Å²) >= 11 is 0. The largest absolute Gasteiger partial charge is 0.198 e. The summed E-state index contributed by atoms with van der Waals surface area (Å²) in [6.07, 6.45) is 8.73. The fourth-order valence-electron chi connectivity index (χ4n) is 5.52. The van der Waals surface area contributed by atoms with Crippen LogP contribution in [0, 0.1) is 45.8 Å². The van der Waals surface area contributed by atoms with Gasteiger partial charge in [-0.3, -0.25) is 0 Å². The van der Waals surface area contributed by atoms with Gasteiger partial charge in [0.1, 0.15) is 0 Å². The van der Waals surface area contributed by atoms with Crippen molar-refractivity contribution in [3.63, 3.8) is 0 Å². The molecule has 0 heterocycles. The molecule has 0 aromatic heterocycles. The van der Waals surface area contributed by atoms with Gasteiger partial charge in [-0.25, -0.2) is 0 Å². The quantitative estimate of drug-likeness (QED) is 0.691. The average molecular weight is 231 g/mol. The van der Waals surface area contributed by atoms with Crippen molar-refractivity contribution in [3.05, 3.63) is 0 Å². The molecule has 17 heavy (non-hydrogen) atoms. The van der Waals surface area contributed by atoms with Crippen LogP contribution in [0.4, 0.5) is 0 Å². The van der Waals surface area contributed by atoms with Crippen LogP contribution in [-0.2, 0) is 0 Å². The molecule has 4 saturated carbocycles. The second-order valence-corrected chi connectivity index (χ2v) is 7.77. The summed E-state index contributed by atoms with van der Waals surface area (Å²) in [5, 5.41) is 9.32. The third-order valence-electron chi connectivity index (χ3n) is 6.68. The van der Waals surface area contributed by atoms with Crippen LogP contribution < -0.4 is 0 Å². The van der Waals surface area contributed by atoms with Crippen molar-refractivity contribution < 1.29 is 0 Å². The monoisotopic (exact) mass is 231 g/mol. The predicted molar refractivity (Wildman–Crippen MR) is 69.2 cm³/mol. The first-order valence-electron chi connectivity index (χ1n) is 7.36. The van der Waals surface area contributed by atoms with Gasteiger partial charge in [0.25, 0.3) is 0 Å². The molecule has 1 heteroatoms. The zero-order valence-electron chi connectivity index (χ0n) is 11.5. The van der Waals surface area contributed by atoms with Gasteiger partial charge in [0.2, 0.25) is 0 Å². The molecule has 0 aliphatic heterocycles. The van der Waals surface area contributed by atoms with Crippen LogP contribution in [0.25, 0.3) is 0 Å². The van der Waals surface area contributed by atoms with E-state index in [0.717, 1.165) is 17.8 Å². The highest BCUT2D eigenvalue weighted by atomic mass is 14.6. The number of hydrogen-bond acceptors (Lipinski definition) is 1. The lowest BCUT2D eigenvalue weighted by Gasteiger charge is -2.63. The lowest BCUT2D eigenvalue weighted by molar-refractivity contribution is -0.130. The normalized spacial score (nSPS) is 45.6. The Morgan fingerprint density at radius 3 is 1.82 bits per heavy atom. The van der Waals surface area contributed by atoms with E-state index in [0.29, 0.717) is 5.41 Å². The predicted octanol–water partition coefficient (Wildman–Crippen LogP) is 4.39. The fraction of sp³-hybridized carbons (Fsp3) is 0.938. The van der Waals surface area contributed by atoms with Crippen molar-refractivity contribution >= 4 is 0 Å². The zero-order chi connectivity index (χ0) is 12.3. The van der Waals surface area contributed by atoms with Gasteiger partial charge < -0.3 is 0 Å². The molecule has 1 atom stereocenters. The Morgan fingerprint density at radius 1 is 1.06 bits per heavy atom. The molecule has 0 radical (unpaired) electrons. The van der Waals surface area contributed by atoms with Gasteiger partial charge >= 0.3 is 0 Å². The maximum Gasteiger partial charge on any atom is 0.0658 e. The van der Waals surface area contributed by atoms with Gasteiger partial charge in [-0.2, -0.15) is 5.26 Å². The van der Waals surface area contributed by atoms with E-state index in [-0.39, 0.29) is 11.3 Å². The summed E-state index contributed by atoms with van der Waals surface area (Å²) in [5.41, 5.74) is 0.703. The van der Waals surface area contributed by atoms with Gasteiger partial charge in [-0.1, -0.05) is 13.8 Å². The molecule has 0 N–H and O–H groups in total. The van der Waals surface area contributed by atoms with E-state index in [9.17, 15) is 5.26 Å². The number of hydrogen-bond donors (Lipinski definition) is 0. The minimum absolute atomic E-state index is 0.193. The molecule has 4 bridgehead atoms. The molecule has 1 unspecified atom stereocenters. The number of rotatable bonds is 2. The van der Waals surface area contributed by atoms with Crippen LogP contribution in [0.2, 0.25) is 0 Å². The second kappa shape index (κ2) is 3.50. The second-order valence-electron chi connectivity index (χ2n) is 7.77. The minimum atomic E-state index is 0.193. The van der Waals surface area contributed by atoms with Crippen molar-refractivity contribution in [2.75, 3.05) is 0 Å². The molecular formula is C16H25N. The minimum Gasteiger partial charge on any atom is -0.198 e. The molecule has 4 rings (SSSR count). The van der Waals surface area contributed by atoms with E-state index in [4.69, 9.17) is 0 Å². The van der Waals surface area contributed by atoms with Crippen LogP contribution in [0.15, 0.2) is 0 Å². The van der Waals surface area contributed by atoms with E-state index < -0.39 is 0 Å². The fourth-order valence-corrected chi connectivity index (χ4v) is 5.52. The smallest absolute Gasteiger partial charge is 0.0658 e. The number of nitrogens with zero attached hydrogens (tertiary/aromatic N) is 1. The van der Waals surface area contributed by atoms with E-state index in [1.807, 2.05) is 0 Å². The van der Waals surface area contributed by atoms with Crippen LogP contribution in [-0.4, -0.2) is 0 Å². The van der Waals surface area contributed by atoms with Gasteiger partial charge in [0.15, 0.2) is 0 Å². The average Bonchev–Trinajstić information content (AvgIpc) is 2.25. The Morgan fingerprint density at radius 2 is 1.47 bits per heavy atom. The molecule has 4 aliphatic carbocycles. The Labute approximate surface area is 106 Å². The van der Waals surface area contributed by atoms with Crippen molar-refractivity contribution in [2.24, 2.45) is 34.5 Å². The van der Waals surface area contributed by atoms with Crippen molar-refractivity contribution in [1.29, 1.82) is 5.26 Å². The van der Waals surface area contributed by atoms with E-state index >= 15 is 0 Å².